The number of nitrogens with zero attached hydrogens (tertiary/aromatic N) is 2. The first-order valence-corrected chi connectivity index (χ1v) is 7.12. The Kier molecular flexibility index (Phi) is 3.71. The fraction of sp³-hybridized carbons (Fsp3) is 0.667. The van der Waals surface area contributed by atoms with Crippen LogP contribution in [0.25, 0.3) is 0 Å². The van der Waals surface area contributed by atoms with Crippen LogP contribution in [0.3, 0.4) is 0 Å². The van der Waals surface area contributed by atoms with Gasteiger partial charge >= 0.3 is 0 Å². The largest absolute Gasteiger partial charge is 0.478 e. The van der Waals surface area contributed by atoms with E-state index in [2.05, 4.69) is 16.9 Å². The van der Waals surface area contributed by atoms with Crippen molar-refractivity contribution in [2.45, 2.75) is 24.9 Å². The molecule has 4 nitrogen and oxygen atoms in total. The molecule has 2 aliphatic rings. The highest BCUT2D eigenvalue weighted by Crippen LogP contribution is 2.37. The Bertz CT molecular complexity index is 398. The van der Waals surface area contributed by atoms with Gasteiger partial charge in [-0.15, -0.1) is 0 Å². The van der Waals surface area contributed by atoms with Crippen molar-refractivity contribution in [3.8, 4) is 5.88 Å². The minimum atomic E-state index is 0.155. The van der Waals surface area contributed by atoms with E-state index in [0.29, 0.717) is 0 Å². The summed E-state index contributed by atoms with van der Waals surface area (Å²) in [5.74, 6) is 1.46. The summed E-state index contributed by atoms with van der Waals surface area (Å²) in [7, 11) is 2.16. The number of hydrogen-bond donors (Lipinski definition) is 0. The van der Waals surface area contributed by atoms with E-state index in [1.54, 1.807) is 6.20 Å². The number of pyridine rings is 1. The van der Waals surface area contributed by atoms with Crippen molar-refractivity contribution >= 4 is 0 Å². The lowest BCUT2D eigenvalue weighted by molar-refractivity contribution is -0.172. The zero-order valence-electron chi connectivity index (χ0n) is 11.5. The fourth-order valence-corrected chi connectivity index (χ4v) is 3.30. The summed E-state index contributed by atoms with van der Waals surface area (Å²) in [6.45, 7) is 3.84. The maximum absolute atomic E-state index is 5.97. The number of aromatic nitrogens is 1. The Balaban J connectivity index is 1.43. The van der Waals surface area contributed by atoms with E-state index in [9.17, 15) is 0 Å². The van der Waals surface area contributed by atoms with Crippen molar-refractivity contribution in [1.29, 1.82) is 0 Å². The molecule has 0 unspecified atom stereocenters. The van der Waals surface area contributed by atoms with Gasteiger partial charge in [0.05, 0.1) is 12.2 Å². The van der Waals surface area contributed by atoms with Crippen LogP contribution in [0.2, 0.25) is 0 Å². The summed E-state index contributed by atoms with van der Waals surface area (Å²) in [5.41, 5.74) is 0.155. The quantitative estimate of drug-likeness (QED) is 0.831. The van der Waals surface area contributed by atoms with Crippen molar-refractivity contribution in [3.63, 3.8) is 0 Å². The molecule has 0 bridgehead atoms. The fourth-order valence-electron chi connectivity index (χ4n) is 3.30. The van der Waals surface area contributed by atoms with Crippen LogP contribution >= 0.6 is 0 Å². The lowest BCUT2D eigenvalue weighted by Crippen LogP contribution is -2.63. The molecule has 2 fully saturated rings. The lowest BCUT2D eigenvalue weighted by Gasteiger charge is -2.52. The zero-order valence-corrected chi connectivity index (χ0v) is 11.5. The first-order chi connectivity index (χ1) is 9.26. The molecule has 1 aromatic heterocycles. The van der Waals surface area contributed by atoms with E-state index in [4.69, 9.17) is 9.47 Å². The van der Waals surface area contributed by atoms with Gasteiger partial charge in [0.15, 0.2) is 0 Å². The minimum absolute atomic E-state index is 0.155. The molecule has 1 aromatic rings. The molecular weight excluding hydrogens is 240 g/mol. The molecule has 3 rings (SSSR count). The predicted molar refractivity (Wildman–Crippen MR) is 73.3 cm³/mol. The van der Waals surface area contributed by atoms with Crippen molar-refractivity contribution in [2.75, 3.05) is 33.4 Å². The predicted octanol–water partition coefficient (Wildman–Crippen LogP) is 1.96. The molecule has 2 aliphatic heterocycles. The smallest absolute Gasteiger partial charge is 0.213 e. The first kappa shape index (κ1) is 12.9. The molecule has 3 heterocycles. The molecule has 1 spiro atoms. The summed E-state index contributed by atoms with van der Waals surface area (Å²) in [4.78, 5) is 6.50. The SMILES string of the molecule is CN1CC2(C[C@H](CCOc3ccccn3)CCO2)C1. The van der Waals surface area contributed by atoms with Crippen LogP contribution in [-0.2, 0) is 4.74 Å². The molecule has 4 heteroatoms. The molecule has 1 atom stereocenters. The third-order valence-electron chi connectivity index (χ3n) is 4.12. The maximum Gasteiger partial charge on any atom is 0.213 e. The van der Waals surface area contributed by atoms with Crippen LogP contribution in [0.5, 0.6) is 5.88 Å². The highest BCUT2D eigenvalue weighted by atomic mass is 16.5. The average molecular weight is 262 g/mol. The molecule has 2 saturated heterocycles. The number of ether oxygens (including phenoxy) is 2. The third-order valence-corrected chi connectivity index (χ3v) is 4.12. The summed E-state index contributed by atoms with van der Waals surface area (Å²) in [5, 5.41) is 0. The summed E-state index contributed by atoms with van der Waals surface area (Å²) in [6.07, 6.45) is 5.22. The molecule has 0 radical (unpaired) electrons. The topological polar surface area (TPSA) is 34.6 Å². The average Bonchev–Trinajstić information content (AvgIpc) is 2.39. The van der Waals surface area contributed by atoms with Crippen molar-refractivity contribution in [3.05, 3.63) is 24.4 Å². The molecule has 104 valence electrons. The van der Waals surface area contributed by atoms with Crippen LogP contribution in [0.15, 0.2) is 24.4 Å². The normalized spacial score (nSPS) is 26.1. The molecule has 0 saturated carbocycles. The number of rotatable bonds is 4. The van der Waals surface area contributed by atoms with Gasteiger partial charge in [-0.2, -0.15) is 0 Å². The summed E-state index contributed by atoms with van der Waals surface area (Å²) >= 11 is 0. The standard InChI is InChI=1S/C15H22N2O2/c1-17-11-15(12-17)10-13(6-9-19-15)5-8-18-14-4-2-3-7-16-14/h2-4,7,13H,5-6,8-12H2,1H3/t13-/m1/s1. The van der Waals surface area contributed by atoms with Crippen molar-refractivity contribution < 1.29 is 9.47 Å². The van der Waals surface area contributed by atoms with Gasteiger partial charge in [-0.1, -0.05) is 6.07 Å². The highest BCUT2D eigenvalue weighted by Gasteiger charge is 2.45. The van der Waals surface area contributed by atoms with Crippen LogP contribution in [-0.4, -0.2) is 48.8 Å². The van der Waals surface area contributed by atoms with E-state index < -0.39 is 0 Å². The Hall–Kier alpha value is -1.13. The zero-order chi connectivity index (χ0) is 13.1. The van der Waals surface area contributed by atoms with Crippen LogP contribution in [0, 0.1) is 5.92 Å². The number of hydrogen-bond acceptors (Lipinski definition) is 4. The molecule has 0 aromatic carbocycles. The van der Waals surface area contributed by atoms with Crippen LogP contribution in [0.1, 0.15) is 19.3 Å². The maximum atomic E-state index is 5.97. The molecular formula is C15H22N2O2. The Morgan fingerprint density at radius 1 is 1.47 bits per heavy atom. The minimum Gasteiger partial charge on any atom is -0.478 e. The van der Waals surface area contributed by atoms with Gasteiger partial charge in [-0.3, -0.25) is 0 Å². The monoisotopic (exact) mass is 262 g/mol. The van der Waals surface area contributed by atoms with Gasteiger partial charge < -0.3 is 14.4 Å². The Morgan fingerprint density at radius 2 is 2.37 bits per heavy atom. The number of likely N-dealkylation sites (tertiary alicyclic amines) is 1. The summed E-state index contributed by atoms with van der Waals surface area (Å²) in [6, 6.07) is 5.77. The highest BCUT2D eigenvalue weighted by molar-refractivity contribution is 5.09. The van der Waals surface area contributed by atoms with Gasteiger partial charge in [0, 0.05) is 32.0 Å². The van der Waals surface area contributed by atoms with Gasteiger partial charge in [-0.25, -0.2) is 4.98 Å². The summed E-state index contributed by atoms with van der Waals surface area (Å²) < 4.78 is 11.7. The van der Waals surface area contributed by atoms with Gasteiger partial charge in [0.2, 0.25) is 5.88 Å². The van der Waals surface area contributed by atoms with Crippen molar-refractivity contribution in [2.24, 2.45) is 5.92 Å². The molecule has 0 N–H and O–H groups in total. The first-order valence-electron chi connectivity index (χ1n) is 7.12. The van der Waals surface area contributed by atoms with E-state index >= 15 is 0 Å². The lowest BCUT2D eigenvalue weighted by atomic mass is 9.79. The van der Waals surface area contributed by atoms with E-state index in [1.165, 1.54) is 6.42 Å². The van der Waals surface area contributed by atoms with Crippen LogP contribution < -0.4 is 4.74 Å². The molecule has 19 heavy (non-hydrogen) atoms. The molecule has 0 aliphatic carbocycles. The van der Waals surface area contributed by atoms with E-state index in [-0.39, 0.29) is 5.60 Å². The second-order valence-corrected chi connectivity index (χ2v) is 5.87. The Labute approximate surface area is 114 Å². The second kappa shape index (κ2) is 5.47. The van der Waals surface area contributed by atoms with Gasteiger partial charge in [0.1, 0.15) is 0 Å². The van der Waals surface area contributed by atoms with Crippen LogP contribution in [0.4, 0.5) is 0 Å². The van der Waals surface area contributed by atoms with E-state index in [1.807, 2.05) is 18.2 Å². The van der Waals surface area contributed by atoms with E-state index in [0.717, 1.165) is 50.9 Å². The third kappa shape index (κ3) is 3.07. The molecule has 0 amide bonds. The second-order valence-electron chi connectivity index (χ2n) is 5.87. The number of likely N-dealkylation sites (N-methyl/N-ethyl adjacent to an activating group) is 1. The van der Waals surface area contributed by atoms with Gasteiger partial charge in [-0.05, 0) is 38.3 Å². The van der Waals surface area contributed by atoms with Crippen molar-refractivity contribution in [1.82, 2.24) is 9.88 Å². The van der Waals surface area contributed by atoms with Gasteiger partial charge in [0.25, 0.3) is 0 Å². The Morgan fingerprint density at radius 3 is 3.11 bits per heavy atom.